The van der Waals surface area contributed by atoms with E-state index < -0.39 is 83.9 Å². The van der Waals surface area contributed by atoms with Gasteiger partial charge >= 0.3 is 5.97 Å². The lowest BCUT2D eigenvalue weighted by Crippen LogP contribution is -2.64. The van der Waals surface area contributed by atoms with Gasteiger partial charge in [0.1, 0.15) is 24.0 Å². The Hall–Kier alpha value is -2.78. The van der Waals surface area contributed by atoms with Gasteiger partial charge in [0.25, 0.3) is 11.7 Å². The number of Topliss-reactive ketones (excluding diaryl/α,β-unsaturated/α-hetero) is 2. The maximum absolute atomic E-state index is 14.2. The molecule has 0 radical (unpaired) electrons. The highest BCUT2D eigenvalue weighted by Gasteiger charge is 2.56. The minimum absolute atomic E-state index is 0.0192. The van der Waals surface area contributed by atoms with E-state index in [1.54, 1.807) is 34.0 Å². The molecule has 1 saturated carbocycles. The Morgan fingerprint density at radius 3 is 2.30 bits per heavy atom. The first kappa shape index (κ1) is 45.9. The summed E-state index contributed by atoms with van der Waals surface area (Å²) in [5.74, 6) is -8.24. The third-order valence-electron chi connectivity index (χ3n) is 12.6. The second kappa shape index (κ2) is 20.3. The van der Waals surface area contributed by atoms with Gasteiger partial charge in [-0.1, -0.05) is 44.6 Å². The number of carbonyl (C=O) groups is 4. The van der Waals surface area contributed by atoms with Crippen molar-refractivity contribution in [3.8, 4) is 0 Å². The molecule has 0 aromatic carbocycles. The van der Waals surface area contributed by atoms with Crippen LogP contribution in [-0.2, 0) is 38.1 Å². The van der Waals surface area contributed by atoms with Crippen LogP contribution in [0.2, 0.25) is 0 Å². The molecule has 13 heteroatoms. The molecule has 316 valence electrons. The molecule has 1 amide bonds. The second-order valence-electron chi connectivity index (χ2n) is 17.1. The van der Waals surface area contributed by atoms with Crippen LogP contribution in [0.5, 0.6) is 0 Å². The number of cyclic esters (lactones) is 1. The molecule has 56 heavy (non-hydrogen) atoms. The molecule has 4 N–H and O–H groups in total. The third kappa shape index (κ3) is 10.8. The summed E-state index contributed by atoms with van der Waals surface area (Å²) >= 11 is 0. The van der Waals surface area contributed by atoms with E-state index in [9.17, 15) is 39.6 Å². The first-order valence-electron chi connectivity index (χ1n) is 20.5. The lowest BCUT2D eigenvalue weighted by Gasteiger charge is -2.46. The number of ketones is 2. The number of aliphatic hydroxyl groups is 4. The minimum Gasteiger partial charge on any atom is -0.456 e. The van der Waals surface area contributed by atoms with Crippen molar-refractivity contribution in [1.82, 2.24) is 4.90 Å². The summed E-state index contributed by atoms with van der Waals surface area (Å²) in [6.45, 7) is 12.8. The van der Waals surface area contributed by atoms with Crippen molar-refractivity contribution in [2.24, 2.45) is 29.6 Å². The molecule has 4 rings (SSSR count). The maximum Gasteiger partial charge on any atom is 0.329 e. The number of aliphatic hydroxyl groups excluding tert-OH is 3. The number of amides is 1. The summed E-state index contributed by atoms with van der Waals surface area (Å²) in [6, 6.07) is -1.17. The van der Waals surface area contributed by atoms with E-state index in [0.29, 0.717) is 50.5 Å². The fraction of sp³-hybridized carbons (Fsp3) is 0.767. The van der Waals surface area contributed by atoms with Crippen molar-refractivity contribution in [3.63, 3.8) is 0 Å². The number of fused-ring (bicyclic) bond motifs is 3. The quantitative estimate of drug-likeness (QED) is 0.172. The zero-order valence-electron chi connectivity index (χ0n) is 34.4. The molecule has 2 bridgehead atoms. The Bertz CT molecular complexity index is 1460. The van der Waals surface area contributed by atoms with Crippen molar-refractivity contribution in [1.29, 1.82) is 0 Å². The fourth-order valence-electron chi connectivity index (χ4n) is 9.22. The van der Waals surface area contributed by atoms with Crippen molar-refractivity contribution in [2.45, 2.75) is 160 Å². The van der Waals surface area contributed by atoms with E-state index >= 15 is 0 Å². The van der Waals surface area contributed by atoms with E-state index in [1.165, 1.54) is 7.11 Å². The normalized spacial score (nSPS) is 41.5. The summed E-state index contributed by atoms with van der Waals surface area (Å²) in [6.07, 6.45) is 3.34. The third-order valence-corrected chi connectivity index (χ3v) is 12.6. The lowest BCUT2D eigenvalue weighted by atomic mass is 9.81. The van der Waals surface area contributed by atoms with Crippen LogP contribution in [0.15, 0.2) is 36.0 Å². The standard InChI is InChI=1S/C43H67NO12/c1-9-12-30-18-24(2)17-25(3)19-35(48)39-37(54-8)21-27(5)43(52,56-39)40(49)41(50)44-16-11-10-13-31(44)42(51)55-38(28(6)33(46)23-34(30)47)26(4)20-29-14-15-32(45)36(22-29)53-7/h9,18,20,25,27-33,35-39,45-46,48,52H,1,10-17,19,21-23H2,2-8H3/b24-18+,26-20+. The smallest absolute Gasteiger partial charge is 0.329 e. The second-order valence-corrected chi connectivity index (χ2v) is 17.1. The van der Waals surface area contributed by atoms with Crippen LogP contribution in [-0.4, -0.2) is 124 Å². The monoisotopic (exact) mass is 789 g/mol. The van der Waals surface area contributed by atoms with E-state index in [4.69, 9.17) is 18.9 Å². The number of rotatable bonds is 6. The Kier molecular flexibility index (Phi) is 16.6. The Balaban J connectivity index is 1.76. The molecule has 13 nitrogen and oxygen atoms in total. The van der Waals surface area contributed by atoms with Gasteiger partial charge in [0.05, 0.1) is 30.5 Å². The largest absolute Gasteiger partial charge is 0.456 e. The molecule has 1 aliphatic carbocycles. The topological polar surface area (TPSA) is 189 Å². The number of hydrogen-bond acceptors (Lipinski definition) is 12. The van der Waals surface area contributed by atoms with Crippen LogP contribution in [0.4, 0.5) is 0 Å². The van der Waals surface area contributed by atoms with Crippen molar-refractivity contribution in [2.75, 3.05) is 20.8 Å². The molecule has 0 aromatic heterocycles. The summed E-state index contributed by atoms with van der Waals surface area (Å²) < 4.78 is 23.4. The molecule has 0 spiro atoms. The van der Waals surface area contributed by atoms with E-state index in [2.05, 4.69) is 6.58 Å². The van der Waals surface area contributed by atoms with Gasteiger partial charge in [0.15, 0.2) is 0 Å². The molecule has 3 heterocycles. The Labute approximate surface area is 332 Å². The average Bonchev–Trinajstić information content (AvgIpc) is 3.16. The van der Waals surface area contributed by atoms with Crippen LogP contribution < -0.4 is 0 Å². The van der Waals surface area contributed by atoms with Crippen molar-refractivity contribution >= 4 is 23.4 Å². The number of carbonyl (C=O) groups excluding carboxylic acids is 4. The van der Waals surface area contributed by atoms with Gasteiger partial charge in [-0.2, -0.15) is 0 Å². The minimum atomic E-state index is -2.59. The van der Waals surface area contributed by atoms with Crippen LogP contribution in [0, 0.1) is 29.6 Å². The summed E-state index contributed by atoms with van der Waals surface area (Å²) in [4.78, 5) is 57.4. The van der Waals surface area contributed by atoms with Crippen LogP contribution >= 0.6 is 0 Å². The van der Waals surface area contributed by atoms with Gasteiger partial charge in [-0.3, -0.25) is 14.4 Å². The number of piperidine rings is 1. The zero-order valence-corrected chi connectivity index (χ0v) is 34.4. The number of allylic oxidation sites excluding steroid dienone is 4. The van der Waals surface area contributed by atoms with Crippen molar-refractivity contribution in [3.05, 3.63) is 36.0 Å². The maximum atomic E-state index is 14.2. The molecule has 3 fully saturated rings. The Morgan fingerprint density at radius 1 is 0.946 bits per heavy atom. The summed E-state index contributed by atoms with van der Waals surface area (Å²) in [5.41, 5.74) is 1.53. The number of esters is 1. The lowest BCUT2D eigenvalue weighted by molar-refractivity contribution is -0.301. The van der Waals surface area contributed by atoms with Gasteiger partial charge in [0, 0.05) is 44.9 Å². The van der Waals surface area contributed by atoms with E-state index in [1.807, 2.05) is 26.0 Å². The molecule has 4 aliphatic rings. The molecule has 2 saturated heterocycles. The molecule has 14 unspecified atom stereocenters. The first-order valence-corrected chi connectivity index (χ1v) is 20.5. The SMILES string of the molecule is C=CCC1/C=C(\C)CC(C)CC(O)C2OC(O)(C(=O)C(=O)N3CCCCC3C(=O)OC(/C(C)=C/C3CCC(O)C(OC)C3)C(C)C(O)CC1=O)C(C)CC2OC. The summed E-state index contributed by atoms with van der Waals surface area (Å²) in [7, 11) is 3.01. The van der Waals surface area contributed by atoms with Crippen LogP contribution in [0.25, 0.3) is 0 Å². The first-order chi connectivity index (χ1) is 26.4. The number of nitrogens with zero attached hydrogens (tertiary/aromatic N) is 1. The van der Waals surface area contributed by atoms with Gasteiger partial charge in [0.2, 0.25) is 5.79 Å². The van der Waals surface area contributed by atoms with Gasteiger partial charge in [-0.25, -0.2) is 4.79 Å². The molecule has 3 aliphatic heterocycles. The highest BCUT2D eigenvalue weighted by Crippen LogP contribution is 2.39. The zero-order chi connectivity index (χ0) is 41.5. The van der Waals surface area contributed by atoms with E-state index in [0.717, 1.165) is 10.5 Å². The molecular formula is C43H67NO12. The number of methoxy groups -OCH3 is 2. The van der Waals surface area contributed by atoms with Gasteiger partial charge in [-0.15, -0.1) is 6.58 Å². The van der Waals surface area contributed by atoms with Gasteiger partial charge in [-0.05, 0) is 95.5 Å². The van der Waals surface area contributed by atoms with E-state index in [-0.39, 0.29) is 56.0 Å². The van der Waals surface area contributed by atoms with Gasteiger partial charge < -0.3 is 44.3 Å². The fourth-order valence-corrected chi connectivity index (χ4v) is 9.22. The molecule has 0 aromatic rings. The predicted molar refractivity (Wildman–Crippen MR) is 208 cm³/mol. The van der Waals surface area contributed by atoms with Crippen LogP contribution in [0.1, 0.15) is 105 Å². The summed E-state index contributed by atoms with van der Waals surface area (Å²) in [5, 5.41) is 45.4. The molecule has 14 atom stereocenters. The highest BCUT2D eigenvalue weighted by molar-refractivity contribution is 6.39. The van der Waals surface area contributed by atoms with Crippen LogP contribution in [0.3, 0.4) is 0 Å². The number of ether oxygens (including phenoxy) is 4. The Morgan fingerprint density at radius 2 is 1.64 bits per heavy atom. The average molecular weight is 790 g/mol. The van der Waals surface area contributed by atoms with Crippen molar-refractivity contribution < 1.29 is 58.6 Å². The predicted octanol–water partition coefficient (Wildman–Crippen LogP) is 3.98. The molecular weight excluding hydrogens is 722 g/mol. The number of hydrogen-bond donors (Lipinski definition) is 4. The highest BCUT2D eigenvalue weighted by atomic mass is 16.7.